The van der Waals surface area contributed by atoms with Crippen LogP contribution < -0.4 is 10.5 Å². The highest BCUT2D eigenvalue weighted by molar-refractivity contribution is 5.75. The highest BCUT2D eigenvalue weighted by atomic mass is 16.6. The third-order valence-electron chi connectivity index (χ3n) is 4.01. The first-order valence-electron chi connectivity index (χ1n) is 7.80. The van der Waals surface area contributed by atoms with Gasteiger partial charge in [0, 0.05) is 0 Å². The predicted molar refractivity (Wildman–Crippen MR) is 83.6 cm³/mol. The zero-order valence-corrected chi connectivity index (χ0v) is 13.3. The van der Waals surface area contributed by atoms with E-state index in [1.54, 1.807) is 7.11 Å². The molecular formula is C17H25NO4. The minimum atomic E-state index is -0.511. The molecule has 1 aliphatic rings. The minimum absolute atomic E-state index is 0.101. The van der Waals surface area contributed by atoms with Crippen molar-refractivity contribution in [3.63, 3.8) is 0 Å². The number of ether oxygens (including phenoxy) is 3. The van der Waals surface area contributed by atoms with E-state index in [2.05, 4.69) is 0 Å². The summed E-state index contributed by atoms with van der Waals surface area (Å²) < 4.78 is 16.5. The van der Waals surface area contributed by atoms with Crippen LogP contribution in [0.5, 0.6) is 5.75 Å². The van der Waals surface area contributed by atoms with Gasteiger partial charge in [-0.1, -0.05) is 25.0 Å². The summed E-state index contributed by atoms with van der Waals surface area (Å²) in [7, 11) is 1.64. The number of cyclic esters (lactones) is 1. The number of carbonyl (C=O) groups excluding carboxylic acids is 1. The number of hydrogen-bond acceptors (Lipinski definition) is 5. The molecule has 1 heterocycles. The molecule has 0 aliphatic carbocycles. The second-order valence-corrected chi connectivity index (χ2v) is 5.73. The van der Waals surface area contributed by atoms with Crippen LogP contribution in [-0.2, 0) is 20.9 Å². The Morgan fingerprint density at radius 1 is 1.23 bits per heavy atom. The van der Waals surface area contributed by atoms with Crippen LogP contribution in [0.15, 0.2) is 24.3 Å². The van der Waals surface area contributed by atoms with E-state index in [4.69, 9.17) is 19.9 Å². The van der Waals surface area contributed by atoms with Gasteiger partial charge in [-0.2, -0.15) is 0 Å². The lowest BCUT2D eigenvalue weighted by Crippen LogP contribution is -2.37. The lowest BCUT2D eigenvalue weighted by molar-refractivity contribution is -0.158. The van der Waals surface area contributed by atoms with Gasteiger partial charge in [0.05, 0.1) is 19.8 Å². The summed E-state index contributed by atoms with van der Waals surface area (Å²) in [6, 6.07) is 7.25. The standard InChI is InChI=1S/C17H25NO4/c1-12-16(6-4-3-5-15(18)17(19)22-12)21-11-13-7-9-14(20-2)10-8-13/h7-10,12,15-16H,3-6,11,18H2,1-2H3/t12?,15-,16?/m0/s1. The van der Waals surface area contributed by atoms with Gasteiger partial charge in [-0.05, 0) is 37.5 Å². The Morgan fingerprint density at radius 2 is 1.91 bits per heavy atom. The molecule has 0 amide bonds. The van der Waals surface area contributed by atoms with Crippen LogP contribution >= 0.6 is 0 Å². The normalized spacial score (nSPS) is 26.5. The second kappa shape index (κ2) is 8.15. The molecule has 2 rings (SSSR count). The van der Waals surface area contributed by atoms with Gasteiger partial charge in [-0.25, -0.2) is 0 Å². The first-order valence-corrected chi connectivity index (χ1v) is 7.80. The quantitative estimate of drug-likeness (QED) is 0.865. The minimum Gasteiger partial charge on any atom is -0.497 e. The largest absolute Gasteiger partial charge is 0.497 e. The van der Waals surface area contributed by atoms with E-state index in [0.717, 1.165) is 30.6 Å². The first kappa shape index (κ1) is 16.8. The SMILES string of the molecule is COc1ccc(COC2CCCC[C@H](N)C(=O)OC2C)cc1. The van der Waals surface area contributed by atoms with E-state index in [9.17, 15) is 4.79 Å². The van der Waals surface area contributed by atoms with Crippen molar-refractivity contribution in [2.45, 2.75) is 57.5 Å². The van der Waals surface area contributed by atoms with Crippen molar-refractivity contribution in [2.24, 2.45) is 5.73 Å². The van der Waals surface area contributed by atoms with E-state index in [1.165, 1.54) is 0 Å². The molecule has 5 heteroatoms. The van der Waals surface area contributed by atoms with Gasteiger partial charge in [0.25, 0.3) is 0 Å². The Hall–Kier alpha value is -1.59. The van der Waals surface area contributed by atoms with Gasteiger partial charge in [-0.15, -0.1) is 0 Å². The summed E-state index contributed by atoms with van der Waals surface area (Å²) in [5.74, 6) is 0.495. The number of esters is 1. The van der Waals surface area contributed by atoms with Crippen molar-refractivity contribution in [2.75, 3.05) is 7.11 Å². The number of nitrogens with two attached hydrogens (primary N) is 1. The molecule has 0 radical (unpaired) electrons. The Balaban J connectivity index is 1.92. The molecule has 1 fully saturated rings. The summed E-state index contributed by atoms with van der Waals surface area (Å²) >= 11 is 0. The molecule has 1 aromatic carbocycles. The van der Waals surface area contributed by atoms with Gasteiger partial charge < -0.3 is 19.9 Å². The average molecular weight is 307 g/mol. The Bertz CT molecular complexity index is 474. The van der Waals surface area contributed by atoms with Gasteiger partial charge in [0.1, 0.15) is 17.9 Å². The monoisotopic (exact) mass is 307 g/mol. The lowest BCUT2D eigenvalue weighted by Gasteiger charge is -2.24. The molecule has 2 unspecified atom stereocenters. The molecule has 0 bridgehead atoms. The fourth-order valence-corrected chi connectivity index (χ4v) is 2.55. The molecule has 1 saturated heterocycles. The van der Waals surface area contributed by atoms with Crippen molar-refractivity contribution in [3.05, 3.63) is 29.8 Å². The Kier molecular flexibility index (Phi) is 6.21. The fraction of sp³-hybridized carbons (Fsp3) is 0.588. The van der Waals surface area contributed by atoms with Gasteiger partial charge in [-0.3, -0.25) is 4.79 Å². The molecule has 1 aliphatic heterocycles. The Morgan fingerprint density at radius 3 is 2.59 bits per heavy atom. The summed E-state index contributed by atoms with van der Waals surface area (Å²) in [5.41, 5.74) is 6.86. The van der Waals surface area contributed by atoms with Crippen LogP contribution in [-0.4, -0.2) is 31.3 Å². The highest BCUT2D eigenvalue weighted by Gasteiger charge is 2.26. The van der Waals surface area contributed by atoms with Crippen molar-refractivity contribution < 1.29 is 19.0 Å². The molecule has 2 N–H and O–H groups in total. The topological polar surface area (TPSA) is 70.8 Å². The molecule has 1 aromatic rings. The molecule has 0 saturated carbocycles. The number of hydrogen-bond donors (Lipinski definition) is 1. The third-order valence-corrected chi connectivity index (χ3v) is 4.01. The van der Waals surface area contributed by atoms with E-state index >= 15 is 0 Å². The van der Waals surface area contributed by atoms with Gasteiger partial charge in [0.15, 0.2) is 0 Å². The Labute approximate surface area is 131 Å². The fourth-order valence-electron chi connectivity index (χ4n) is 2.55. The zero-order valence-electron chi connectivity index (χ0n) is 13.3. The predicted octanol–water partition coefficient (Wildman–Crippen LogP) is 2.41. The summed E-state index contributed by atoms with van der Waals surface area (Å²) in [4.78, 5) is 11.8. The van der Waals surface area contributed by atoms with Crippen molar-refractivity contribution >= 4 is 5.97 Å². The number of methoxy groups -OCH3 is 1. The van der Waals surface area contributed by atoms with Gasteiger partial charge in [0.2, 0.25) is 0 Å². The first-order chi connectivity index (χ1) is 10.6. The van der Waals surface area contributed by atoms with Crippen LogP contribution in [0.4, 0.5) is 0 Å². The van der Waals surface area contributed by atoms with Crippen LogP contribution in [0.3, 0.4) is 0 Å². The van der Waals surface area contributed by atoms with Crippen LogP contribution in [0.2, 0.25) is 0 Å². The number of carbonyl (C=O) groups is 1. The van der Waals surface area contributed by atoms with Crippen LogP contribution in [0.1, 0.15) is 38.2 Å². The summed E-state index contributed by atoms with van der Waals surface area (Å²) in [5, 5.41) is 0. The number of benzene rings is 1. The highest BCUT2D eigenvalue weighted by Crippen LogP contribution is 2.19. The summed E-state index contributed by atoms with van der Waals surface area (Å²) in [6.45, 7) is 2.36. The summed E-state index contributed by atoms with van der Waals surface area (Å²) in [6.07, 6.45) is 3.08. The van der Waals surface area contributed by atoms with Gasteiger partial charge >= 0.3 is 5.97 Å². The molecule has 5 nitrogen and oxygen atoms in total. The molecular weight excluding hydrogens is 282 g/mol. The van der Waals surface area contributed by atoms with E-state index in [0.29, 0.717) is 13.0 Å². The van der Waals surface area contributed by atoms with E-state index < -0.39 is 6.04 Å². The number of rotatable bonds is 4. The van der Waals surface area contributed by atoms with Crippen LogP contribution in [0, 0.1) is 0 Å². The average Bonchev–Trinajstić information content (AvgIpc) is 2.58. The molecule has 0 spiro atoms. The second-order valence-electron chi connectivity index (χ2n) is 5.73. The van der Waals surface area contributed by atoms with Crippen LogP contribution in [0.25, 0.3) is 0 Å². The molecule has 122 valence electrons. The maximum absolute atomic E-state index is 11.8. The van der Waals surface area contributed by atoms with Crippen molar-refractivity contribution in [3.8, 4) is 5.75 Å². The molecule has 0 aromatic heterocycles. The molecule has 3 atom stereocenters. The zero-order chi connectivity index (χ0) is 15.9. The van der Waals surface area contributed by atoms with Crippen molar-refractivity contribution in [1.29, 1.82) is 0 Å². The van der Waals surface area contributed by atoms with E-state index in [1.807, 2.05) is 31.2 Å². The molecule has 22 heavy (non-hydrogen) atoms. The van der Waals surface area contributed by atoms with E-state index in [-0.39, 0.29) is 18.2 Å². The maximum Gasteiger partial charge on any atom is 0.323 e. The maximum atomic E-state index is 11.8. The lowest BCUT2D eigenvalue weighted by atomic mass is 10.1. The van der Waals surface area contributed by atoms with Crippen molar-refractivity contribution in [1.82, 2.24) is 0 Å². The smallest absolute Gasteiger partial charge is 0.323 e. The third kappa shape index (κ3) is 4.71.